The summed E-state index contributed by atoms with van der Waals surface area (Å²) >= 11 is 0. The van der Waals surface area contributed by atoms with Crippen LogP contribution in [0.3, 0.4) is 0 Å². The van der Waals surface area contributed by atoms with E-state index in [-0.39, 0.29) is 33.8 Å². The molecule has 3 aliphatic rings. The van der Waals surface area contributed by atoms with Gasteiger partial charge in [0.05, 0.1) is 11.0 Å². The number of benzene rings is 7. The van der Waals surface area contributed by atoms with Gasteiger partial charge in [-0.15, -0.1) is 0 Å². The molecule has 0 atom stereocenters. The molecule has 11 rings (SSSR count). The zero-order valence-electron chi connectivity index (χ0n) is 45.1. The fourth-order valence-electron chi connectivity index (χ4n) is 11.8. The van der Waals surface area contributed by atoms with Crippen LogP contribution in [-0.4, -0.2) is 11.3 Å². The van der Waals surface area contributed by atoms with E-state index >= 15 is 0 Å². The molecule has 0 saturated heterocycles. The molecule has 0 spiro atoms. The van der Waals surface area contributed by atoms with Gasteiger partial charge in [-0.2, -0.15) is 0 Å². The molecule has 3 nitrogen and oxygen atoms in total. The summed E-state index contributed by atoms with van der Waals surface area (Å²) in [6.45, 7) is 37.4. The Bertz CT molecular complexity index is 3390. The maximum absolute atomic E-state index is 2.64. The van der Waals surface area contributed by atoms with Gasteiger partial charge in [0.2, 0.25) is 0 Å². The average Bonchev–Trinajstić information content (AvgIpc) is 3.87. The maximum atomic E-state index is 2.64. The molecular formula is C66H74BN3. The Balaban J connectivity index is 1.28. The number of rotatable bonds is 3. The van der Waals surface area contributed by atoms with Crippen LogP contribution in [0.5, 0.6) is 0 Å². The number of aryl methyl sites for hydroxylation is 3. The first-order chi connectivity index (χ1) is 32.8. The first-order valence-corrected chi connectivity index (χ1v) is 26.2. The van der Waals surface area contributed by atoms with Crippen molar-refractivity contribution in [2.75, 3.05) is 9.80 Å². The van der Waals surface area contributed by atoms with Crippen molar-refractivity contribution in [1.82, 2.24) is 4.57 Å². The number of fused-ring (bicyclic) bond motifs is 8. The van der Waals surface area contributed by atoms with Crippen LogP contribution in [-0.2, 0) is 39.9 Å². The van der Waals surface area contributed by atoms with E-state index < -0.39 is 0 Å². The number of aromatic nitrogens is 1. The monoisotopic (exact) mass is 920 g/mol. The van der Waals surface area contributed by atoms with Gasteiger partial charge < -0.3 is 14.4 Å². The van der Waals surface area contributed by atoms with Crippen molar-refractivity contribution in [3.63, 3.8) is 0 Å². The Morgan fingerprint density at radius 3 is 1.33 bits per heavy atom. The van der Waals surface area contributed by atoms with Gasteiger partial charge in [0, 0.05) is 50.6 Å². The van der Waals surface area contributed by atoms with Gasteiger partial charge in [-0.05, 0) is 187 Å². The predicted molar refractivity (Wildman–Crippen MR) is 305 cm³/mol. The number of anilines is 6. The molecule has 0 amide bonds. The third-order valence-corrected chi connectivity index (χ3v) is 16.1. The van der Waals surface area contributed by atoms with E-state index in [0.717, 1.165) is 12.8 Å². The number of hydrogen-bond donors (Lipinski definition) is 0. The van der Waals surface area contributed by atoms with Gasteiger partial charge in [-0.1, -0.05) is 152 Å². The van der Waals surface area contributed by atoms with E-state index in [1.54, 1.807) is 0 Å². The first-order valence-electron chi connectivity index (χ1n) is 26.2. The summed E-state index contributed by atoms with van der Waals surface area (Å²) in [7, 11) is 0. The standard InChI is InChI=1S/C66H74BN3/c1-40-30-59-61-60(31-40)69(49-27-22-44(23-28-49)63(5,6)7)58-39-57-52(51-32-41-18-17-19-42(41)33-56(51)70(57)50-35-46(65(11,12)13)34-47(36-50)66(14,15)16)38-54(58)67(61)53-37-45(64(8,9)10)24-29-55(53)68(59)48-25-20-43(21-26-48)62(2,3)4/h20-39H,17-19H2,1-16H3. The SMILES string of the molecule is Cc1cc2c3c(c1)N(c1ccc(C(C)(C)C)cc1)c1cc4c(cc1B3c1cc(C(C)(C)C)ccc1N2c1ccc(C(C)(C)C)cc1)c1cc2c(cc1n4-c1cc(C(C)(C)C)cc(C(C)(C)C)c1)CCC2. The molecule has 0 saturated carbocycles. The zero-order chi connectivity index (χ0) is 49.8. The van der Waals surface area contributed by atoms with Crippen LogP contribution in [0.2, 0.25) is 0 Å². The van der Waals surface area contributed by atoms with Crippen LogP contribution in [0.4, 0.5) is 34.1 Å². The molecule has 1 aromatic heterocycles. The molecule has 356 valence electrons. The van der Waals surface area contributed by atoms with Crippen LogP contribution in [0.1, 0.15) is 155 Å². The molecule has 3 heterocycles. The molecule has 0 N–H and O–H groups in total. The van der Waals surface area contributed by atoms with Crippen molar-refractivity contribution in [3.05, 3.63) is 166 Å². The van der Waals surface area contributed by atoms with Gasteiger partial charge in [0.25, 0.3) is 6.71 Å². The van der Waals surface area contributed by atoms with Gasteiger partial charge >= 0.3 is 0 Å². The van der Waals surface area contributed by atoms with Crippen molar-refractivity contribution in [2.24, 2.45) is 0 Å². The van der Waals surface area contributed by atoms with E-state index in [9.17, 15) is 0 Å². The fourth-order valence-corrected chi connectivity index (χ4v) is 11.8. The summed E-state index contributed by atoms with van der Waals surface area (Å²) < 4.78 is 2.64. The van der Waals surface area contributed by atoms with E-state index in [0.29, 0.717) is 0 Å². The highest BCUT2D eigenvalue weighted by molar-refractivity contribution is 7.00. The van der Waals surface area contributed by atoms with Crippen LogP contribution < -0.4 is 26.2 Å². The Kier molecular flexibility index (Phi) is 10.3. The van der Waals surface area contributed by atoms with Crippen molar-refractivity contribution in [1.29, 1.82) is 0 Å². The lowest BCUT2D eigenvalue weighted by molar-refractivity contribution is 0.568. The molecule has 70 heavy (non-hydrogen) atoms. The lowest BCUT2D eigenvalue weighted by Crippen LogP contribution is -2.61. The topological polar surface area (TPSA) is 11.4 Å². The molecule has 2 aliphatic heterocycles. The van der Waals surface area contributed by atoms with Crippen LogP contribution in [0.15, 0.2) is 121 Å². The van der Waals surface area contributed by atoms with E-state index in [4.69, 9.17) is 0 Å². The largest absolute Gasteiger partial charge is 0.311 e. The molecule has 7 aromatic carbocycles. The summed E-state index contributed by atoms with van der Waals surface area (Å²) in [6.07, 6.45) is 3.50. The Morgan fingerprint density at radius 1 is 0.371 bits per heavy atom. The van der Waals surface area contributed by atoms with Gasteiger partial charge in [-0.25, -0.2) is 0 Å². The van der Waals surface area contributed by atoms with Crippen molar-refractivity contribution in [3.8, 4) is 5.69 Å². The highest BCUT2D eigenvalue weighted by Gasteiger charge is 2.45. The zero-order valence-corrected chi connectivity index (χ0v) is 45.1. The van der Waals surface area contributed by atoms with Crippen molar-refractivity contribution in [2.45, 2.75) is 157 Å². The van der Waals surface area contributed by atoms with E-state index in [1.165, 1.54) is 129 Å². The molecular weight excluding hydrogens is 846 g/mol. The minimum absolute atomic E-state index is 0.00188. The maximum Gasteiger partial charge on any atom is 0.252 e. The minimum Gasteiger partial charge on any atom is -0.311 e. The molecule has 8 aromatic rings. The lowest BCUT2D eigenvalue weighted by Gasteiger charge is -2.45. The summed E-state index contributed by atoms with van der Waals surface area (Å²) in [5.74, 6) is 0. The van der Waals surface area contributed by atoms with Crippen molar-refractivity contribution >= 4 is 79.0 Å². The lowest BCUT2D eigenvalue weighted by atomic mass is 9.33. The number of nitrogens with zero attached hydrogens (tertiary/aromatic N) is 3. The molecule has 0 unspecified atom stereocenters. The van der Waals surface area contributed by atoms with Gasteiger partial charge in [-0.3, -0.25) is 0 Å². The van der Waals surface area contributed by atoms with Gasteiger partial charge in [0.1, 0.15) is 0 Å². The average molecular weight is 920 g/mol. The molecule has 1 aliphatic carbocycles. The molecule has 0 fully saturated rings. The van der Waals surface area contributed by atoms with Crippen LogP contribution in [0, 0.1) is 6.92 Å². The summed E-state index contributed by atoms with van der Waals surface area (Å²) in [6, 6.07) is 49.0. The molecule has 0 bridgehead atoms. The minimum atomic E-state index is -0.0335. The third kappa shape index (κ3) is 7.53. The Hall–Kier alpha value is -6.00. The van der Waals surface area contributed by atoms with Gasteiger partial charge in [0.15, 0.2) is 0 Å². The number of hydrogen-bond acceptors (Lipinski definition) is 2. The highest BCUT2D eigenvalue weighted by atomic mass is 15.2. The summed E-state index contributed by atoms with van der Waals surface area (Å²) in [5.41, 5.74) is 26.3. The second-order valence-corrected chi connectivity index (χ2v) is 26.5. The Morgan fingerprint density at radius 2 is 0.814 bits per heavy atom. The fraction of sp³-hybridized carbons (Fsp3) is 0.364. The first kappa shape index (κ1) is 46.4. The van der Waals surface area contributed by atoms with E-state index in [2.05, 4.69) is 246 Å². The van der Waals surface area contributed by atoms with E-state index in [1.807, 2.05) is 0 Å². The Labute approximate surface area is 420 Å². The third-order valence-electron chi connectivity index (χ3n) is 16.1. The smallest absolute Gasteiger partial charge is 0.252 e. The van der Waals surface area contributed by atoms with Crippen LogP contribution in [0.25, 0.3) is 27.5 Å². The predicted octanol–water partition coefficient (Wildman–Crippen LogP) is 16.2. The summed E-state index contributed by atoms with van der Waals surface area (Å²) in [5, 5.41) is 2.68. The molecule has 0 radical (unpaired) electrons. The normalized spacial score (nSPS) is 14.9. The summed E-state index contributed by atoms with van der Waals surface area (Å²) in [4.78, 5) is 5.20. The quantitative estimate of drug-likeness (QED) is 0.164. The molecule has 4 heteroatoms. The van der Waals surface area contributed by atoms with Crippen LogP contribution >= 0.6 is 0 Å². The highest BCUT2D eigenvalue weighted by Crippen LogP contribution is 2.48. The van der Waals surface area contributed by atoms with Crippen molar-refractivity contribution < 1.29 is 0 Å². The second kappa shape index (κ2) is 15.5. The second-order valence-electron chi connectivity index (χ2n) is 26.5.